The molecule has 2 heteroatoms. The Morgan fingerprint density at radius 1 is 1.55 bits per heavy atom. The van der Waals surface area contributed by atoms with Crippen LogP contribution >= 0.6 is 0 Å². The molecule has 0 unspecified atom stereocenters. The van der Waals surface area contributed by atoms with Crippen LogP contribution in [0.25, 0.3) is 0 Å². The second-order valence-electron chi connectivity index (χ2n) is 2.00. The second kappa shape index (κ2) is 3.07. The van der Waals surface area contributed by atoms with Crippen LogP contribution < -0.4 is 4.90 Å². The first-order chi connectivity index (χ1) is 7.66. The first kappa shape index (κ1) is 2.86. The maximum absolute atomic E-state index is 8.70. The highest BCUT2D eigenvalue weighted by Gasteiger charge is 1.94. The van der Waals surface area contributed by atoms with Gasteiger partial charge in [-0.25, -0.2) is 0 Å². The molecule has 0 aliphatic carbocycles. The Labute approximate surface area is 75.1 Å². The molecular formula is C9H10N2. The van der Waals surface area contributed by atoms with E-state index in [1.54, 1.807) is 0 Å². The highest BCUT2D eigenvalue weighted by atomic mass is 15.1. The zero-order chi connectivity index (χ0) is 13.3. The molecule has 0 aliphatic rings. The van der Waals surface area contributed by atoms with Gasteiger partial charge >= 0.3 is 0 Å². The molecule has 0 heterocycles. The van der Waals surface area contributed by atoms with Crippen LogP contribution in [0, 0.1) is 11.3 Å². The molecule has 0 N–H and O–H groups in total. The Balaban J connectivity index is 3.29. The quantitative estimate of drug-likeness (QED) is 0.611. The average molecular weight is 152 g/mol. The summed E-state index contributed by atoms with van der Waals surface area (Å²) >= 11 is 0. The largest absolute Gasteiger partial charge is 0.378 e. The number of hydrogen-bond donors (Lipinski definition) is 0. The number of rotatable bonds is 1. The minimum Gasteiger partial charge on any atom is -0.378 e. The van der Waals surface area contributed by atoms with Crippen molar-refractivity contribution in [2.45, 2.75) is 0 Å². The first-order valence-electron chi connectivity index (χ1n) is 5.97. The third-order valence-electron chi connectivity index (χ3n) is 1.23. The number of hydrogen-bond acceptors (Lipinski definition) is 2. The maximum atomic E-state index is 8.70. The lowest BCUT2D eigenvalue weighted by Crippen LogP contribution is -2.08. The highest BCUT2D eigenvalue weighted by Crippen LogP contribution is 2.11. The molecule has 0 spiro atoms. The van der Waals surface area contributed by atoms with E-state index in [2.05, 4.69) is 0 Å². The van der Waals surface area contributed by atoms with E-state index in [1.165, 1.54) is 24.3 Å². The Morgan fingerprint density at radius 3 is 3.00 bits per heavy atom. The summed E-state index contributed by atoms with van der Waals surface area (Å²) in [4.78, 5) is 0.348. The molecule has 0 radical (unpaired) electrons. The van der Waals surface area contributed by atoms with Gasteiger partial charge in [0.25, 0.3) is 0 Å². The van der Waals surface area contributed by atoms with Crippen LogP contribution in [0.2, 0.25) is 0 Å². The Kier molecular flexibility index (Phi) is 0.798. The predicted molar refractivity (Wildman–Crippen MR) is 45.5 cm³/mol. The van der Waals surface area contributed by atoms with E-state index in [0.29, 0.717) is 4.90 Å². The summed E-state index contributed by atoms with van der Waals surface area (Å²) in [6.07, 6.45) is 0. The van der Waals surface area contributed by atoms with Gasteiger partial charge < -0.3 is 4.90 Å². The lowest BCUT2D eigenvalue weighted by molar-refractivity contribution is 1.13. The van der Waals surface area contributed by atoms with Gasteiger partial charge in [-0.2, -0.15) is 5.26 Å². The molecule has 56 valence electrons. The summed E-state index contributed by atoms with van der Waals surface area (Å²) in [5.74, 6) is 0. The third-order valence-corrected chi connectivity index (χ3v) is 1.23. The second-order valence-corrected chi connectivity index (χ2v) is 2.00. The Hall–Kier alpha value is -1.49. The monoisotopic (exact) mass is 152 g/mol. The van der Waals surface area contributed by atoms with Gasteiger partial charge in [0.2, 0.25) is 0 Å². The lowest BCUT2D eigenvalue weighted by atomic mass is 10.2. The van der Waals surface area contributed by atoms with Crippen molar-refractivity contribution < 1.29 is 8.22 Å². The van der Waals surface area contributed by atoms with Crippen LogP contribution in [0.1, 0.15) is 13.8 Å². The van der Waals surface area contributed by atoms with Crippen LogP contribution in [0.5, 0.6) is 0 Å². The van der Waals surface area contributed by atoms with E-state index >= 15 is 0 Å². The maximum Gasteiger partial charge on any atom is 0.0992 e. The Bertz CT molecular complexity index is 428. The van der Waals surface area contributed by atoms with E-state index in [0.717, 1.165) is 0 Å². The van der Waals surface area contributed by atoms with Crippen molar-refractivity contribution in [2.75, 3.05) is 18.9 Å². The Morgan fingerprint density at radius 2 is 2.36 bits per heavy atom. The molecule has 0 aromatic heterocycles. The van der Waals surface area contributed by atoms with E-state index < -0.39 is 14.0 Å². The summed E-state index contributed by atoms with van der Waals surface area (Å²) in [5.41, 5.74) is 0.185. The predicted octanol–water partition coefficient (Wildman–Crippen LogP) is 1.62. The van der Waals surface area contributed by atoms with Gasteiger partial charge in [-0.3, -0.25) is 0 Å². The molecule has 0 atom stereocenters. The fraction of sp³-hybridized carbons (Fsp3) is 0.222. The van der Waals surface area contributed by atoms with E-state index in [1.807, 2.05) is 6.07 Å². The molecule has 1 rings (SSSR count). The van der Waals surface area contributed by atoms with Gasteiger partial charge in [0, 0.05) is 27.9 Å². The van der Waals surface area contributed by atoms with Crippen LogP contribution in [-0.2, 0) is 0 Å². The molecule has 0 aliphatic heterocycles. The SMILES string of the molecule is [2H]C([2H])([2H])N(c1cccc(C#N)c1)C([2H])([2H])[2H]. The molecule has 1 aromatic carbocycles. The number of nitriles is 1. The van der Waals surface area contributed by atoms with E-state index in [9.17, 15) is 0 Å². The standard InChI is InChI=1S/C9H10N2/c1-11(2)9-5-3-4-8(6-9)7-10/h3-6H,1-2H3/i1D3,2D3. The van der Waals surface area contributed by atoms with Crippen molar-refractivity contribution in [3.05, 3.63) is 29.8 Å². The van der Waals surface area contributed by atoms with E-state index in [-0.39, 0.29) is 11.3 Å². The zero-order valence-electron chi connectivity index (χ0n) is 11.7. The van der Waals surface area contributed by atoms with Gasteiger partial charge in [-0.15, -0.1) is 0 Å². The van der Waals surface area contributed by atoms with Crippen molar-refractivity contribution in [3.8, 4) is 6.07 Å². The molecule has 0 bridgehead atoms. The molecule has 0 saturated carbocycles. The lowest BCUT2D eigenvalue weighted by Gasteiger charge is -2.11. The van der Waals surface area contributed by atoms with Gasteiger partial charge in [-0.1, -0.05) is 6.07 Å². The highest BCUT2D eigenvalue weighted by molar-refractivity contribution is 5.50. The fourth-order valence-electron chi connectivity index (χ4n) is 0.715. The molecule has 0 fully saturated rings. The van der Waals surface area contributed by atoms with Crippen molar-refractivity contribution >= 4 is 5.69 Å². The smallest absolute Gasteiger partial charge is 0.0992 e. The minimum absolute atomic E-state index is 0.0240. The number of benzene rings is 1. The van der Waals surface area contributed by atoms with Gasteiger partial charge in [0.15, 0.2) is 0 Å². The van der Waals surface area contributed by atoms with Crippen molar-refractivity contribution in [2.24, 2.45) is 0 Å². The van der Waals surface area contributed by atoms with Crippen molar-refractivity contribution in [1.29, 1.82) is 5.26 Å². The molecule has 0 amide bonds. The minimum atomic E-state index is -2.79. The van der Waals surface area contributed by atoms with Crippen LogP contribution in [-0.4, -0.2) is 14.0 Å². The molecule has 2 nitrogen and oxygen atoms in total. The summed E-state index contributed by atoms with van der Waals surface area (Å²) in [6, 6.07) is 7.33. The fourth-order valence-corrected chi connectivity index (χ4v) is 0.715. The average Bonchev–Trinajstić information content (AvgIpc) is 2.13. The van der Waals surface area contributed by atoms with Crippen molar-refractivity contribution in [1.82, 2.24) is 0 Å². The number of anilines is 1. The summed E-state index contributed by atoms with van der Waals surface area (Å²) in [6.45, 7) is -5.58. The van der Waals surface area contributed by atoms with Gasteiger partial charge in [0.05, 0.1) is 11.6 Å². The first-order valence-corrected chi connectivity index (χ1v) is 2.97. The normalized spacial score (nSPS) is 19.2. The molecule has 11 heavy (non-hydrogen) atoms. The van der Waals surface area contributed by atoms with Gasteiger partial charge in [-0.05, 0) is 18.2 Å². The topological polar surface area (TPSA) is 27.0 Å². The molecule has 1 aromatic rings. The van der Waals surface area contributed by atoms with Crippen molar-refractivity contribution in [3.63, 3.8) is 0 Å². The van der Waals surface area contributed by atoms with E-state index in [4.69, 9.17) is 13.5 Å². The summed E-state index contributed by atoms with van der Waals surface area (Å²) in [5, 5.41) is 8.70. The van der Waals surface area contributed by atoms with Gasteiger partial charge in [0.1, 0.15) is 0 Å². The van der Waals surface area contributed by atoms with Crippen LogP contribution in [0.4, 0.5) is 5.69 Å². The summed E-state index contributed by atoms with van der Waals surface area (Å²) in [7, 11) is 0. The van der Waals surface area contributed by atoms with Crippen LogP contribution in [0.3, 0.4) is 0 Å². The molecule has 0 saturated heterocycles. The summed E-state index contributed by atoms with van der Waals surface area (Å²) < 4.78 is 43.4. The third kappa shape index (κ3) is 1.71. The van der Waals surface area contributed by atoms with Crippen LogP contribution in [0.15, 0.2) is 24.3 Å². The zero-order valence-corrected chi connectivity index (χ0v) is 5.70. The molecular weight excluding hydrogens is 136 g/mol. The number of nitrogens with zero attached hydrogens (tertiary/aromatic N) is 2.